The number of rotatable bonds is 6. The first-order valence-electron chi connectivity index (χ1n) is 10.6. The zero-order valence-electron chi connectivity index (χ0n) is 17.5. The van der Waals surface area contributed by atoms with E-state index in [1.807, 2.05) is 46.2 Å². The van der Waals surface area contributed by atoms with Crippen LogP contribution in [0.25, 0.3) is 0 Å². The van der Waals surface area contributed by atoms with Crippen LogP contribution >= 0.6 is 0 Å². The highest BCUT2D eigenvalue weighted by Crippen LogP contribution is 2.24. The van der Waals surface area contributed by atoms with Crippen molar-refractivity contribution in [1.82, 2.24) is 9.80 Å². The van der Waals surface area contributed by atoms with Gasteiger partial charge in [-0.2, -0.15) is 0 Å². The molecule has 0 aliphatic carbocycles. The Morgan fingerprint density at radius 3 is 2.53 bits per heavy atom. The Labute approximate surface area is 178 Å². The minimum atomic E-state index is -0.211. The lowest BCUT2D eigenvalue weighted by Gasteiger charge is -2.37. The highest BCUT2D eigenvalue weighted by atomic mass is 16.5. The van der Waals surface area contributed by atoms with E-state index in [0.717, 1.165) is 30.9 Å². The molecule has 30 heavy (non-hydrogen) atoms. The number of piperazine rings is 1. The second kappa shape index (κ2) is 9.20. The van der Waals surface area contributed by atoms with Crippen LogP contribution in [0.3, 0.4) is 0 Å². The Kier molecular flexibility index (Phi) is 6.21. The van der Waals surface area contributed by atoms with Crippen LogP contribution in [0.15, 0.2) is 54.6 Å². The van der Waals surface area contributed by atoms with Gasteiger partial charge in [0.2, 0.25) is 11.8 Å². The van der Waals surface area contributed by atoms with Gasteiger partial charge >= 0.3 is 0 Å². The number of ether oxygens (including phenoxy) is 1. The highest BCUT2D eigenvalue weighted by molar-refractivity contribution is 5.89. The van der Waals surface area contributed by atoms with Gasteiger partial charge in [0.15, 0.2) is 0 Å². The summed E-state index contributed by atoms with van der Waals surface area (Å²) in [6, 6.07) is 18.2. The molecule has 0 aromatic heterocycles. The number of benzene rings is 2. The summed E-state index contributed by atoms with van der Waals surface area (Å²) in [5, 5.41) is 0. The number of amides is 2. The lowest BCUT2D eigenvalue weighted by molar-refractivity contribution is -0.136. The molecule has 6 nitrogen and oxygen atoms in total. The summed E-state index contributed by atoms with van der Waals surface area (Å²) in [6.07, 6.45) is 1.16. The molecule has 0 radical (unpaired) electrons. The number of carbonyl (C=O) groups is 2. The van der Waals surface area contributed by atoms with Crippen LogP contribution in [-0.4, -0.2) is 68.0 Å². The van der Waals surface area contributed by atoms with Crippen LogP contribution in [0.5, 0.6) is 5.75 Å². The summed E-state index contributed by atoms with van der Waals surface area (Å²) in [5.41, 5.74) is 2.33. The number of hydrogen-bond donors (Lipinski definition) is 0. The van der Waals surface area contributed by atoms with E-state index in [1.165, 1.54) is 5.56 Å². The summed E-state index contributed by atoms with van der Waals surface area (Å²) in [6.45, 7) is 4.17. The number of carbonyl (C=O) groups excluding carboxylic acids is 2. The topological polar surface area (TPSA) is 53.1 Å². The molecule has 2 aromatic rings. The molecule has 2 heterocycles. The molecule has 158 valence electrons. The summed E-state index contributed by atoms with van der Waals surface area (Å²) >= 11 is 0. The number of methoxy groups -OCH3 is 1. The summed E-state index contributed by atoms with van der Waals surface area (Å²) in [4.78, 5) is 31.5. The van der Waals surface area contributed by atoms with Gasteiger partial charge in [-0.3, -0.25) is 9.59 Å². The summed E-state index contributed by atoms with van der Waals surface area (Å²) in [7, 11) is 1.67. The third-order valence-electron chi connectivity index (χ3n) is 6.09. The van der Waals surface area contributed by atoms with Crippen molar-refractivity contribution in [3.05, 3.63) is 60.2 Å². The van der Waals surface area contributed by atoms with Crippen LogP contribution in [-0.2, 0) is 16.0 Å². The lowest BCUT2D eigenvalue weighted by Crippen LogP contribution is -2.50. The zero-order chi connectivity index (χ0) is 20.9. The second-order valence-electron chi connectivity index (χ2n) is 7.99. The fourth-order valence-corrected chi connectivity index (χ4v) is 4.31. The smallest absolute Gasteiger partial charge is 0.228 e. The van der Waals surface area contributed by atoms with Gasteiger partial charge in [-0.05, 0) is 24.1 Å². The molecule has 6 heteroatoms. The van der Waals surface area contributed by atoms with Gasteiger partial charge in [0.1, 0.15) is 5.75 Å². The van der Waals surface area contributed by atoms with Crippen molar-refractivity contribution < 1.29 is 14.3 Å². The molecule has 0 saturated carbocycles. The number of hydrogen-bond acceptors (Lipinski definition) is 4. The van der Waals surface area contributed by atoms with Gasteiger partial charge in [0, 0.05) is 57.4 Å². The van der Waals surface area contributed by atoms with Gasteiger partial charge in [0.05, 0.1) is 13.0 Å². The van der Waals surface area contributed by atoms with Gasteiger partial charge in [0.25, 0.3) is 0 Å². The molecule has 2 aliphatic heterocycles. The molecule has 2 fully saturated rings. The van der Waals surface area contributed by atoms with E-state index in [-0.39, 0.29) is 17.7 Å². The highest BCUT2D eigenvalue weighted by Gasteiger charge is 2.37. The van der Waals surface area contributed by atoms with Crippen molar-refractivity contribution in [3.8, 4) is 5.75 Å². The normalized spacial score (nSPS) is 19.3. The molecule has 2 amide bonds. The van der Waals surface area contributed by atoms with Crippen LogP contribution in [0, 0.1) is 5.92 Å². The maximum atomic E-state index is 13.0. The fraction of sp³-hybridized carbons (Fsp3) is 0.417. The van der Waals surface area contributed by atoms with Crippen LogP contribution < -0.4 is 9.64 Å². The lowest BCUT2D eigenvalue weighted by atomic mass is 10.1. The van der Waals surface area contributed by atoms with Gasteiger partial charge in [-0.15, -0.1) is 0 Å². The number of anilines is 1. The Hall–Kier alpha value is -3.02. The van der Waals surface area contributed by atoms with E-state index in [1.54, 1.807) is 7.11 Å². The Morgan fingerprint density at radius 2 is 1.80 bits per heavy atom. The van der Waals surface area contributed by atoms with Crippen molar-refractivity contribution >= 4 is 17.5 Å². The fourth-order valence-electron chi connectivity index (χ4n) is 4.31. The van der Waals surface area contributed by atoms with Crippen molar-refractivity contribution in [1.29, 1.82) is 0 Å². The van der Waals surface area contributed by atoms with Crippen LogP contribution in [0.1, 0.15) is 12.0 Å². The molecule has 2 aliphatic rings. The average Bonchev–Trinajstić information content (AvgIpc) is 3.18. The van der Waals surface area contributed by atoms with E-state index in [0.29, 0.717) is 32.6 Å². The second-order valence-corrected chi connectivity index (χ2v) is 7.99. The van der Waals surface area contributed by atoms with Gasteiger partial charge in [-0.1, -0.05) is 36.4 Å². The first-order valence-corrected chi connectivity index (χ1v) is 10.6. The molecule has 0 bridgehead atoms. The Bertz CT molecular complexity index is 878. The zero-order valence-corrected chi connectivity index (χ0v) is 17.5. The van der Waals surface area contributed by atoms with Crippen molar-refractivity contribution in [2.45, 2.75) is 12.8 Å². The summed E-state index contributed by atoms with van der Waals surface area (Å²) in [5.74, 6) is 0.845. The van der Waals surface area contributed by atoms with Crippen LogP contribution in [0.2, 0.25) is 0 Å². The maximum absolute atomic E-state index is 13.0. The van der Waals surface area contributed by atoms with E-state index >= 15 is 0 Å². The largest absolute Gasteiger partial charge is 0.497 e. The van der Waals surface area contributed by atoms with Crippen molar-refractivity contribution in [2.75, 3.05) is 51.3 Å². The van der Waals surface area contributed by atoms with E-state index in [9.17, 15) is 9.59 Å². The maximum Gasteiger partial charge on any atom is 0.228 e. The standard InChI is InChI=1S/C24H29N3O3/c1-30-22-9-5-8-21(17-22)25-12-14-26(15-13-25)24(29)20-16-23(28)27(18-20)11-10-19-6-3-2-4-7-19/h2-9,17,20H,10-16,18H2,1H3/t20-/m1/s1. The quantitative estimate of drug-likeness (QED) is 0.738. The van der Waals surface area contributed by atoms with Gasteiger partial charge in [-0.25, -0.2) is 0 Å². The van der Waals surface area contributed by atoms with Crippen molar-refractivity contribution in [3.63, 3.8) is 0 Å². The predicted octanol–water partition coefficient (Wildman–Crippen LogP) is 2.44. The molecule has 0 N–H and O–H groups in total. The third kappa shape index (κ3) is 4.58. The average molecular weight is 408 g/mol. The Morgan fingerprint density at radius 1 is 1.03 bits per heavy atom. The minimum Gasteiger partial charge on any atom is -0.497 e. The number of nitrogens with zero attached hydrogens (tertiary/aromatic N) is 3. The first-order chi connectivity index (χ1) is 14.6. The monoisotopic (exact) mass is 407 g/mol. The molecule has 0 spiro atoms. The molecule has 1 atom stereocenters. The predicted molar refractivity (Wildman–Crippen MR) is 117 cm³/mol. The van der Waals surface area contributed by atoms with Crippen LogP contribution in [0.4, 0.5) is 5.69 Å². The minimum absolute atomic E-state index is 0.0966. The first kappa shape index (κ1) is 20.3. The SMILES string of the molecule is COc1cccc(N2CCN(C(=O)[C@@H]3CC(=O)N(CCc4ccccc4)C3)CC2)c1. The molecule has 4 rings (SSSR count). The number of likely N-dealkylation sites (tertiary alicyclic amines) is 1. The molecule has 2 saturated heterocycles. The molecular weight excluding hydrogens is 378 g/mol. The molecular formula is C24H29N3O3. The van der Waals surface area contributed by atoms with E-state index in [4.69, 9.17) is 4.74 Å². The van der Waals surface area contributed by atoms with E-state index < -0.39 is 0 Å². The molecule has 0 unspecified atom stereocenters. The molecule has 2 aromatic carbocycles. The van der Waals surface area contributed by atoms with Crippen molar-refractivity contribution in [2.24, 2.45) is 5.92 Å². The van der Waals surface area contributed by atoms with Gasteiger partial charge < -0.3 is 19.4 Å². The third-order valence-corrected chi connectivity index (χ3v) is 6.09. The Balaban J connectivity index is 1.28. The summed E-state index contributed by atoms with van der Waals surface area (Å²) < 4.78 is 5.31. The van der Waals surface area contributed by atoms with E-state index in [2.05, 4.69) is 23.1 Å².